The van der Waals surface area contributed by atoms with Crippen molar-refractivity contribution >= 4 is 5.91 Å². The molecular formula is C14H20F2N2O2. The standard InChI is InChI=1S/C14H20F2N2O2/c1-3-17-8-7-13(19)18-10(2)11-5-4-6-12(9-11)20-14(15)16/h4-6,9-10,14,17H,3,7-8H2,1-2H3,(H,18,19). The van der Waals surface area contributed by atoms with Crippen molar-refractivity contribution in [2.45, 2.75) is 32.9 Å². The minimum Gasteiger partial charge on any atom is -0.435 e. The highest BCUT2D eigenvalue weighted by Crippen LogP contribution is 2.20. The molecule has 1 rings (SSSR count). The minimum absolute atomic E-state index is 0.0846. The second-order valence-electron chi connectivity index (χ2n) is 4.34. The highest BCUT2D eigenvalue weighted by molar-refractivity contribution is 5.76. The summed E-state index contributed by atoms with van der Waals surface area (Å²) in [5.41, 5.74) is 0.722. The van der Waals surface area contributed by atoms with Gasteiger partial charge in [0.2, 0.25) is 5.91 Å². The molecule has 1 aromatic rings. The van der Waals surface area contributed by atoms with Gasteiger partial charge in [0.05, 0.1) is 6.04 Å². The summed E-state index contributed by atoms with van der Waals surface area (Å²) < 4.78 is 28.6. The van der Waals surface area contributed by atoms with Gasteiger partial charge in [-0.3, -0.25) is 4.79 Å². The number of ether oxygens (including phenoxy) is 1. The topological polar surface area (TPSA) is 50.4 Å². The van der Waals surface area contributed by atoms with E-state index in [2.05, 4.69) is 15.4 Å². The molecule has 6 heteroatoms. The van der Waals surface area contributed by atoms with E-state index in [-0.39, 0.29) is 17.7 Å². The minimum atomic E-state index is -2.85. The number of halogens is 2. The van der Waals surface area contributed by atoms with Crippen LogP contribution >= 0.6 is 0 Å². The lowest BCUT2D eigenvalue weighted by Crippen LogP contribution is -2.29. The van der Waals surface area contributed by atoms with E-state index in [0.717, 1.165) is 12.1 Å². The van der Waals surface area contributed by atoms with Crippen LogP contribution in [0.25, 0.3) is 0 Å². The van der Waals surface area contributed by atoms with Crippen LogP contribution in [0.2, 0.25) is 0 Å². The number of benzene rings is 1. The Morgan fingerprint density at radius 1 is 1.40 bits per heavy atom. The third-order valence-corrected chi connectivity index (χ3v) is 2.74. The smallest absolute Gasteiger partial charge is 0.387 e. The van der Waals surface area contributed by atoms with Crippen molar-refractivity contribution in [1.29, 1.82) is 0 Å². The normalized spacial score (nSPS) is 12.2. The van der Waals surface area contributed by atoms with E-state index >= 15 is 0 Å². The van der Waals surface area contributed by atoms with E-state index in [0.29, 0.717) is 13.0 Å². The van der Waals surface area contributed by atoms with E-state index in [1.807, 2.05) is 6.92 Å². The van der Waals surface area contributed by atoms with E-state index in [1.54, 1.807) is 19.1 Å². The number of hydrogen-bond donors (Lipinski definition) is 2. The Morgan fingerprint density at radius 2 is 2.15 bits per heavy atom. The quantitative estimate of drug-likeness (QED) is 0.722. The molecular weight excluding hydrogens is 266 g/mol. The van der Waals surface area contributed by atoms with Crippen molar-refractivity contribution in [3.05, 3.63) is 29.8 Å². The predicted molar refractivity (Wildman–Crippen MR) is 72.8 cm³/mol. The predicted octanol–water partition coefficient (Wildman–Crippen LogP) is 2.46. The first-order valence-electron chi connectivity index (χ1n) is 6.57. The fraction of sp³-hybridized carbons (Fsp3) is 0.500. The highest BCUT2D eigenvalue weighted by Gasteiger charge is 2.11. The third-order valence-electron chi connectivity index (χ3n) is 2.74. The largest absolute Gasteiger partial charge is 0.435 e. The third kappa shape index (κ3) is 5.97. The van der Waals surface area contributed by atoms with E-state index in [1.165, 1.54) is 12.1 Å². The molecule has 0 spiro atoms. The van der Waals surface area contributed by atoms with Crippen molar-refractivity contribution in [3.8, 4) is 5.75 Å². The zero-order valence-electron chi connectivity index (χ0n) is 11.7. The van der Waals surface area contributed by atoms with Crippen LogP contribution < -0.4 is 15.4 Å². The molecule has 112 valence electrons. The first-order valence-corrected chi connectivity index (χ1v) is 6.57. The van der Waals surface area contributed by atoms with Gasteiger partial charge in [-0.2, -0.15) is 8.78 Å². The fourth-order valence-electron chi connectivity index (χ4n) is 1.74. The molecule has 20 heavy (non-hydrogen) atoms. The van der Waals surface area contributed by atoms with Gasteiger partial charge in [-0.05, 0) is 31.2 Å². The van der Waals surface area contributed by atoms with Crippen LogP contribution in [0.3, 0.4) is 0 Å². The van der Waals surface area contributed by atoms with E-state index in [9.17, 15) is 13.6 Å². The molecule has 0 heterocycles. The number of alkyl halides is 2. The van der Waals surface area contributed by atoms with Gasteiger partial charge >= 0.3 is 6.61 Å². The second-order valence-corrected chi connectivity index (χ2v) is 4.34. The zero-order valence-corrected chi connectivity index (χ0v) is 11.7. The second kappa shape index (κ2) is 8.47. The summed E-state index contributed by atoms with van der Waals surface area (Å²) in [5.74, 6) is 0.00452. The number of rotatable bonds is 8. The van der Waals surface area contributed by atoms with Gasteiger partial charge in [-0.25, -0.2) is 0 Å². The van der Waals surface area contributed by atoms with Crippen LogP contribution in [-0.4, -0.2) is 25.6 Å². The Bertz CT molecular complexity index is 427. The number of amides is 1. The summed E-state index contributed by atoms with van der Waals surface area (Å²) in [6.07, 6.45) is 0.380. The Labute approximate surface area is 117 Å². The van der Waals surface area contributed by atoms with Crippen molar-refractivity contribution < 1.29 is 18.3 Å². The Morgan fingerprint density at radius 3 is 2.80 bits per heavy atom. The molecule has 1 unspecified atom stereocenters. The Balaban J connectivity index is 2.54. The fourth-order valence-corrected chi connectivity index (χ4v) is 1.74. The maximum absolute atomic E-state index is 12.1. The monoisotopic (exact) mass is 286 g/mol. The molecule has 0 aliphatic rings. The molecule has 0 saturated carbocycles. The van der Waals surface area contributed by atoms with Crippen LogP contribution in [0.5, 0.6) is 5.75 Å². The highest BCUT2D eigenvalue weighted by atomic mass is 19.3. The number of carbonyl (C=O) groups excluding carboxylic acids is 1. The summed E-state index contributed by atoms with van der Waals surface area (Å²) in [4.78, 5) is 11.7. The first kappa shape index (κ1) is 16.4. The summed E-state index contributed by atoms with van der Waals surface area (Å²) in [6.45, 7) is 2.34. The lowest BCUT2D eigenvalue weighted by molar-refractivity contribution is -0.121. The lowest BCUT2D eigenvalue weighted by atomic mass is 10.1. The van der Waals surface area contributed by atoms with Gasteiger partial charge < -0.3 is 15.4 Å². The van der Waals surface area contributed by atoms with Crippen LogP contribution in [-0.2, 0) is 4.79 Å². The Kier molecular flexibility index (Phi) is 6.93. The lowest BCUT2D eigenvalue weighted by Gasteiger charge is -2.15. The van der Waals surface area contributed by atoms with Crippen LogP contribution in [0.1, 0.15) is 31.9 Å². The van der Waals surface area contributed by atoms with E-state index in [4.69, 9.17) is 0 Å². The molecule has 2 N–H and O–H groups in total. The van der Waals surface area contributed by atoms with Crippen molar-refractivity contribution in [1.82, 2.24) is 10.6 Å². The molecule has 1 aromatic carbocycles. The summed E-state index contributed by atoms with van der Waals surface area (Å²) in [6, 6.07) is 6.07. The zero-order chi connectivity index (χ0) is 15.0. The Hall–Kier alpha value is -1.69. The van der Waals surface area contributed by atoms with Gasteiger partial charge in [0.1, 0.15) is 5.75 Å². The molecule has 0 radical (unpaired) electrons. The summed E-state index contributed by atoms with van der Waals surface area (Å²) in [5, 5.41) is 5.87. The maximum atomic E-state index is 12.1. The van der Waals surface area contributed by atoms with Gasteiger partial charge in [-0.15, -0.1) is 0 Å². The first-order chi connectivity index (χ1) is 9.52. The maximum Gasteiger partial charge on any atom is 0.387 e. The number of hydrogen-bond acceptors (Lipinski definition) is 3. The van der Waals surface area contributed by atoms with Crippen LogP contribution in [0.4, 0.5) is 8.78 Å². The van der Waals surface area contributed by atoms with Gasteiger partial charge in [-0.1, -0.05) is 19.1 Å². The molecule has 1 atom stereocenters. The van der Waals surface area contributed by atoms with Gasteiger partial charge in [0.15, 0.2) is 0 Å². The molecule has 1 amide bonds. The molecule has 4 nitrogen and oxygen atoms in total. The van der Waals surface area contributed by atoms with Crippen molar-refractivity contribution in [2.75, 3.05) is 13.1 Å². The van der Waals surface area contributed by atoms with Crippen molar-refractivity contribution in [2.24, 2.45) is 0 Å². The summed E-state index contributed by atoms with van der Waals surface area (Å²) in [7, 11) is 0. The average Bonchev–Trinajstić information content (AvgIpc) is 2.38. The number of nitrogens with one attached hydrogen (secondary N) is 2. The molecule has 0 aromatic heterocycles. The van der Waals surface area contributed by atoms with Crippen LogP contribution in [0.15, 0.2) is 24.3 Å². The van der Waals surface area contributed by atoms with Crippen molar-refractivity contribution in [3.63, 3.8) is 0 Å². The molecule has 0 aliphatic carbocycles. The molecule has 0 bridgehead atoms. The molecule has 0 fully saturated rings. The molecule has 0 aliphatic heterocycles. The van der Waals surface area contributed by atoms with Gasteiger partial charge in [0.25, 0.3) is 0 Å². The van der Waals surface area contributed by atoms with Crippen LogP contribution in [0, 0.1) is 0 Å². The SMILES string of the molecule is CCNCCC(=O)NC(C)c1cccc(OC(F)F)c1. The number of carbonyl (C=O) groups is 1. The average molecular weight is 286 g/mol. The summed E-state index contributed by atoms with van der Waals surface area (Å²) >= 11 is 0. The van der Waals surface area contributed by atoms with Gasteiger partial charge in [0, 0.05) is 13.0 Å². The van der Waals surface area contributed by atoms with E-state index < -0.39 is 6.61 Å². The molecule has 0 saturated heterocycles.